The van der Waals surface area contributed by atoms with Crippen LogP contribution >= 0.6 is 11.6 Å². The number of phenolic OH excluding ortho intramolecular Hbond substituents is 1. The maximum Gasteiger partial charge on any atom is 0.153 e. The van der Waals surface area contributed by atoms with Crippen LogP contribution in [0.15, 0.2) is 18.2 Å². The zero-order chi connectivity index (χ0) is 9.14. The highest BCUT2D eigenvalue weighted by Gasteiger charge is 2.09. The van der Waals surface area contributed by atoms with Crippen LogP contribution in [-0.4, -0.2) is 16.5 Å². The molecule has 1 unspecified atom stereocenters. The fraction of sp³-hybridized carbons (Fsp3) is 0.125. The van der Waals surface area contributed by atoms with Gasteiger partial charge in [-0.15, -0.1) is 0 Å². The quantitative estimate of drug-likeness (QED) is 0.684. The Hall–Kier alpha value is -1.06. The van der Waals surface area contributed by atoms with Gasteiger partial charge >= 0.3 is 0 Å². The third-order valence-corrected chi connectivity index (χ3v) is 1.76. The topological polar surface area (TPSA) is 57.5 Å². The van der Waals surface area contributed by atoms with Gasteiger partial charge in [-0.25, -0.2) is 0 Å². The molecule has 1 aromatic carbocycles. The number of aldehydes is 1. The Morgan fingerprint density at radius 3 is 2.67 bits per heavy atom. The van der Waals surface area contributed by atoms with Crippen LogP contribution in [0.5, 0.6) is 5.75 Å². The number of carbonyl (C=O) groups is 1. The Bertz CT molecular complexity index is 298. The van der Waals surface area contributed by atoms with E-state index in [1.165, 1.54) is 18.2 Å². The summed E-state index contributed by atoms with van der Waals surface area (Å²) in [6.07, 6.45) is -0.851. The minimum atomic E-state index is -1.22. The summed E-state index contributed by atoms with van der Waals surface area (Å²) in [5.41, 5.74) is 0.296. The minimum absolute atomic E-state index is 0.00171. The molecule has 0 heterocycles. The zero-order valence-corrected chi connectivity index (χ0v) is 6.82. The number of rotatable bonds is 2. The monoisotopic (exact) mass is 186 g/mol. The van der Waals surface area contributed by atoms with E-state index in [0.717, 1.165) is 0 Å². The Morgan fingerprint density at radius 2 is 2.17 bits per heavy atom. The van der Waals surface area contributed by atoms with Crippen molar-refractivity contribution in [2.45, 2.75) is 6.10 Å². The van der Waals surface area contributed by atoms with Crippen molar-refractivity contribution >= 4 is 17.9 Å². The second-order valence-electron chi connectivity index (χ2n) is 2.29. The first-order valence-corrected chi connectivity index (χ1v) is 3.64. The lowest BCUT2D eigenvalue weighted by Crippen LogP contribution is -1.98. The maximum atomic E-state index is 10.2. The summed E-state index contributed by atoms with van der Waals surface area (Å²) in [4.78, 5) is 10.2. The van der Waals surface area contributed by atoms with Crippen LogP contribution in [0.25, 0.3) is 0 Å². The molecule has 64 valence electrons. The highest BCUT2D eigenvalue weighted by atomic mass is 35.5. The van der Waals surface area contributed by atoms with Crippen molar-refractivity contribution in [2.75, 3.05) is 0 Å². The lowest BCUT2D eigenvalue weighted by Gasteiger charge is -2.05. The summed E-state index contributed by atoms with van der Waals surface area (Å²) in [7, 11) is 0. The van der Waals surface area contributed by atoms with Crippen LogP contribution in [0.1, 0.15) is 11.7 Å². The molecule has 4 heteroatoms. The molecular weight excluding hydrogens is 180 g/mol. The number of hydrogen-bond acceptors (Lipinski definition) is 3. The molecule has 0 fully saturated rings. The Morgan fingerprint density at radius 1 is 1.50 bits per heavy atom. The van der Waals surface area contributed by atoms with Crippen LogP contribution in [-0.2, 0) is 4.79 Å². The van der Waals surface area contributed by atoms with Crippen molar-refractivity contribution in [2.24, 2.45) is 0 Å². The third-order valence-electron chi connectivity index (χ3n) is 1.43. The summed E-state index contributed by atoms with van der Waals surface area (Å²) in [6.45, 7) is 0. The van der Waals surface area contributed by atoms with Crippen LogP contribution in [0.3, 0.4) is 0 Å². The third kappa shape index (κ3) is 1.75. The number of carbonyl (C=O) groups excluding carboxylic acids is 1. The van der Waals surface area contributed by atoms with Gasteiger partial charge in [-0.1, -0.05) is 17.7 Å². The normalized spacial score (nSPS) is 12.5. The maximum absolute atomic E-state index is 10.2. The molecule has 1 atom stereocenters. The number of aliphatic hydroxyl groups is 1. The van der Waals surface area contributed by atoms with Gasteiger partial charge in [0.15, 0.2) is 6.29 Å². The molecule has 1 rings (SSSR count). The van der Waals surface area contributed by atoms with Crippen molar-refractivity contribution in [3.63, 3.8) is 0 Å². The molecule has 0 radical (unpaired) electrons. The molecule has 12 heavy (non-hydrogen) atoms. The van der Waals surface area contributed by atoms with E-state index in [1.54, 1.807) is 0 Å². The molecule has 0 saturated carbocycles. The number of phenols is 1. The number of hydrogen-bond donors (Lipinski definition) is 2. The van der Waals surface area contributed by atoms with Crippen molar-refractivity contribution < 1.29 is 15.0 Å². The molecule has 0 aliphatic rings. The highest BCUT2D eigenvalue weighted by Crippen LogP contribution is 2.25. The first kappa shape index (κ1) is 9.03. The van der Waals surface area contributed by atoms with E-state index in [0.29, 0.717) is 11.8 Å². The average Bonchev–Trinajstić information content (AvgIpc) is 2.03. The fourth-order valence-corrected chi connectivity index (χ4v) is 1.12. The van der Waals surface area contributed by atoms with Crippen LogP contribution in [0.2, 0.25) is 5.02 Å². The molecule has 0 bridgehead atoms. The lowest BCUT2D eigenvalue weighted by atomic mass is 10.1. The van der Waals surface area contributed by atoms with Crippen molar-refractivity contribution in [3.8, 4) is 5.75 Å². The smallest absolute Gasteiger partial charge is 0.153 e. The van der Waals surface area contributed by atoms with E-state index in [1.807, 2.05) is 0 Å². The Labute approximate surface area is 74.2 Å². The van der Waals surface area contributed by atoms with Crippen LogP contribution in [0.4, 0.5) is 0 Å². The Balaban J connectivity index is 3.09. The van der Waals surface area contributed by atoms with E-state index in [9.17, 15) is 4.79 Å². The molecule has 0 spiro atoms. The predicted octanol–water partition coefficient (Wildman–Crippen LogP) is 1.28. The molecule has 0 aliphatic heterocycles. The Kier molecular flexibility index (Phi) is 2.68. The van der Waals surface area contributed by atoms with E-state index < -0.39 is 6.10 Å². The highest BCUT2D eigenvalue weighted by molar-refractivity contribution is 6.31. The molecule has 0 aromatic heterocycles. The van der Waals surface area contributed by atoms with Gasteiger partial charge in [0.1, 0.15) is 11.9 Å². The van der Waals surface area contributed by atoms with Gasteiger partial charge in [0.25, 0.3) is 0 Å². The van der Waals surface area contributed by atoms with E-state index in [2.05, 4.69) is 0 Å². The summed E-state index contributed by atoms with van der Waals surface area (Å²) in [5, 5.41) is 18.2. The summed E-state index contributed by atoms with van der Waals surface area (Å²) in [5.74, 6) is 0.00171. The van der Waals surface area contributed by atoms with Crippen molar-refractivity contribution in [1.29, 1.82) is 0 Å². The molecule has 1 aromatic rings. The molecule has 0 amide bonds. The minimum Gasteiger partial charge on any atom is -0.508 e. The van der Waals surface area contributed by atoms with Gasteiger partial charge in [0, 0.05) is 5.56 Å². The first-order chi connectivity index (χ1) is 5.65. The van der Waals surface area contributed by atoms with Gasteiger partial charge < -0.3 is 15.0 Å². The summed E-state index contributed by atoms with van der Waals surface area (Å²) >= 11 is 5.62. The SMILES string of the molecule is O=CC(O)c1ccc(O)cc1Cl. The second kappa shape index (κ2) is 3.56. The standard InChI is InChI=1S/C8H7ClO3/c9-7-3-5(11)1-2-6(7)8(12)4-10/h1-4,8,11-12H. The van der Waals surface area contributed by atoms with Crippen LogP contribution in [0, 0.1) is 0 Å². The van der Waals surface area contributed by atoms with Crippen molar-refractivity contribution in [1.82, 2.24) is 0 Å². The van der Waals surface area contributed by atoms with Crippen molar-refractivity contribution in [3.05, 3.63) is 28.8 Å². The lowest BCUT2D eigenvalue weighted by molar-refractivity contribution is -0.115. The summed E-state index contributed by atoms with van der Waals surface area (Å²) < 4.78 is 0. The van der Waals surface area contributed by atoms with E-state index in [-0.39, 0.29) is 10.8 Å². The summed E-state index contributed by atoms with van der Waals surface area (Å²) in [6, 6.07) is 4.02. The largest absolute Gasteiger partial charge is 0.508 e. The van der Waals surface area contributed by atoms with Gasteiger partial charge in [0.2, 0.25) is 0 Å². The van der Waals surface area contributed by atoms with Gasteiger partial charge in [0.05, 0.1) is 5.02 Å². The molecule has 3 nitrogen and oxygen atoms in total. The predicted molar refractivity (Wildman–Crippen MR) is 44.1 cm³/mol. The average molecular weight is 187 g/mol. The molecule has 0 saturated heterocycles. The van der Waals surface area contributed by atoms with Gasteiger partial charge in [-0.05, 0) is 12.1 Å². The van der Waals surface area contributed by atoms with Crippen LogP contribution < -0.4 is 0 Å². The number of aromatic hydroxyl groups is 1. The number of aliphatic hydroxyl groups excluding tert-OH is 1. The van der Waals surface area contributed by atoms with Gasteiger partial charge in [-0.2, -0.15) is 0 Å². The molecular formula is C8H7ClO3. The molecule has 2 N–H and O–H groups in total. The number of benzene rings is 1. The first-order valence-electron chi connectivity index (χ1n) is 3.27. The zero-order valence-electron chi connectivity index (χ0n) is 6.07. The van der Waals surface area contributed by atoms with Gasteiger partial charge in [-0.3, -0.25) is 0 Å². The van der Waals surface area contributed by atoms with E-state index >= 15 is 0 Å². The fourth-order valence-electron chi connectivity index (χ4n) is 0.829. The molecule has 0 aliphatic carbocycles. The number of halogens is 1. The van der Waals surface area contributed by atoms with E-state index in [4.69, 9.17) is 21.8 Å². The second-order valence-corrected chi connectivity index (χ2v) is 2.69.